The third kappa shape index (κ3) is 4.71. The Hall–Kier alpha value is -3.74. The number of hydrogen-bond acceptors (Lipinski definition) is 3. The molecule has 7 heteroatoms. The van der Waals surface area contributed by atoms with Crippen LogP contribution in [0.1, 0.15) is 18.4 Å². The van der Waals surface area contributed by atoms with E-state index in [1.165, 1.54) is 36.4 Å². The predicted molar refractivity (Wildman–Crippen MR) is 113 cm³/mol. The van der Waals surface area contributed by atoms with Crippen LogP contribution in [-0.2, 0) is 16.2 Å². The Balaban J connectivity index is 1.38. The highest BCUT2D eigenvalue weighted by atomic mass is 19.1. The van der Waals surface area contributed by atoms with E-state index in [-0.39, 0.29) is 18.0 Å². The summed E-state index contributed by atoms with van der Waals surface area (Å²) in [5.74, 6) is -1.95. The van der Waals surface area contributed by atoms with E-state index in [0.717, 1.165) is 11.6 Å². The minimum Gasteiger partial charge on any atom is -0.486 e. The zero-order valence-electron chi connectivity index (χ0n) is 16.5. The smallest absolute Gasteiger partial charge is 0.240 e. The first-order chi connectivity index (χ1) is 15.0. The lowest BCUT2D eigenvalue weighted by Crippen LogP contribution is -2.35. The Morgan fingerprint density at radius 1 is 0.839 bits per heavy atom. The highest BCUT2D eigenvalue weighted by Crippen LogP contribution is 2.47. The molecule has 0 atom stereocenters. The second-order valence-corrected chi connectivity index (χ2v) is 7.42. The molecule has 0 aromatic heterocycles. The van der Waals surface area contributed by atoms with E-state index >= 15 is 0 Å². The van der Waals surface area contributed by atoms with Crippen molar-refractivity contribution in [2.75, 3.05) is 10.6 Å². The summed E-state index contributed by atoms with van der Waals surface area (Å²) in [6.45, 7) is 0.218. The van der Waals surface area contributed by atoms with E-state index in [2.05, 4.69) is 10.6 Å². The first-order valence-electron chi connectivity index (χ1n) is 9.81. The molecule has 1 saturated carbocycles. The van der Waals surface area contributed by atoms with Crippen molar-refractivity contribution in [3.05, 3.63) is 90.0 Å². The molecule has 0 saturated heterocycles. The SMILES string of the molecule is O=C(Nc1ccc(F)cc1)C1(C(=O)Nc2ccc(OCc3ccccc3)c(F)c2)CC1. The van der Waals surface area contributed by atoms with Gasteiger partial charge in [0.05, 0.1) is 0 Å². The maximum atomic E-state index is 14.4. The highest BCUT2D eigenvalue weighted by molar-refractivity contribution is 6.16. The van der Waals surface area contributed by atoms with Gasteiger partial charge in [-0.15, -0.1) is 0 Å². The number of hydrogen-bond donors (Lipinski definition) is 2. The van der Waals surface area contributed by atoms with Gasteiger partial charge in [0, 0.05) is 17.4 Å². The Labute approximate surface area is 178 Å². The molecule has 0 bridgehead atoms. The Morgan fingerprint density at radius 2 is 1.45 bits per heavy atom. The number of anilines is 2. The minimum absolute atomic E-state index is 0.0667. The second-order valence-electron chi connectivity index (χ2n) is 7.42. The summed E-state index contributed by atoms with van der Waals surface area (Å²) >= 11 is 0. The van der Waals surface area contributed by atoms with Crippen molar-refractivity contribution in [1.82, 2.24) is 0 Å². The van der Waals surface area contributed by atoms with Gasteiger partial charge in [0.15, 0.2) is 11.6 Å². The van der Waals surface area contributed by atoms with Crippen LogP contribution in [-0.4, -0.2) is 11.8 Å². The monoisotopic (exact) mass is 422 g/mol. The molecule has 5 nitrogen and oxygen atoms in total. The molecule has 0 radical (unpaired) electrons. The Kier molecular flexibility index (Phi) is 5.66. The van der Waals surface area contributed by atoms with Gasteiger partial charge in [0.25, 0.3) is 0 Å². The summed E-state index contributed by atoms with van der Waals surface area (Å²) in [7, 11) is 0. The fraction of sp³-hybridized carbons (Fsp3) is 0.167. The fourth-order valence-electron chi connectivity index (χ4n) is 3.15. The van der Waals surface area contributed by atoms with Gasteiger partial charge in [0.2, 0.25) is 11.8 Å². The molecule has 0 heterocycles. The zero-order chi connectivity index (χ0) is 21.8. The molecule has 3 aromatic carbocycles. The topological polar surface area (TPSA) is 67.4 Å². The summed E-state index contributed by atoms with van der Waals surface area (Å²) in [5, 5.41) is 5.24. The van der Waals surface area contributed by atoms with Crippen molar-refractivity contribution in [2.24, 2.45) is 5.41 Å². The molecular weight excluding hydrogens is 402 g/mol. The number of rotatable bonds is 7. The van der Waals surface area contributed by atoms with E-state index in [9.17, 15) is 18.4 Å². The normalized spacial score (nSPS) is 13.9. The molecule has 3 aromatic rings. The average Bonchev–Trinajstić information content (AvgIpc) is 3.58. The van der Waals surface area contributed by atoms with Gasteiger partial charge in [-0.25, -0.2) is 8.78 Å². The molecule has 2 amide bonds. The fourth-order valence-corrected chi connectivity index (χ4v) is 3.15. The molecule has 0 aliphatic heterocycles. The van der Waals surface area contributed by atoms with Crippen molar-refractivity contribution < 1.29 is 23.1 Å². The summed E-state index contributed by atoms with van der Waals surface area (Å²) in [4.78, 5) is 25.3. The lowest BCUT2D eigenvalue weighted by Gasteiger charge is -2.16. The van der Waals surface area contributed by atoms with Gasteiger partial charge in [-0.2, -0.15) is 0 Å². The van der Waals surface area contributed by atoms with Gasteiger partial charge < -0.3 is 15.4 Å². The van der Waals surface area contributed by atoms with Gasteiger partial charge in [0.1, 0.15) is 17.8 Å². The molecule has 31 heavy (non-hydrogen) atoms. The van der Waals surface area contributed by atoms with Crippen LogP contribution in [0.25, 0.3) is 0 Å². The molecular formula is C24H20F2N2O3. The van der Waals surface area contributed by atoms with Gasteiger partial charge in [-0.3, -0.25) is 9.59 Å². The molecule has 1 fully saturated rings. The van der Waals surface area contributed by atoms with Crippen molar-refractivity contribution in [2.45, 2.75) is 19.4 Å². The zero-order valence-corrected chi connectivity index (χ0v) is 16.5. The molecule has 158 valence electrons. The standard InChI is InChI=1S/C24H20F2N2O3/c25-17-6-8-18(9-7-17)27-22(29)24(12-13-24)23(30)28-19-10-11-21(20(26)14-19)31-15-16-4-2-1-3-5-16/h1-11,14H,12-13,15H2,(H,27,29)(H,28,30). The van der Waals surface area contributed by atoms with Crippen LogP contribution in [0.4, 0.5) is 20.2 Å². The summed E-state index contributed by atoms with van der Waals surface area (Å²) < 4.78 is 32.9. The number of halogens is 2. The van der Waals surface area contributed by atoms with E-state index in [1.54, 1.807) is 0 Å². The Bertz CT molecular complexity index is 1100. The molecule has 1 aliphatic rings. The van der Waals surface area contributed by atoms with Crippen LogP contribution >= 0.6 is 0 Å². The van der Waals surface area contributed by atoms with Crippen LogP contribution in [0.5, 0.6) is 5.75 Å². The summed E-state index contributed by atoms with van der Waals surface area (Å²) in [6.07, 6.45) is 0.763. The number of benzene rings is 3. The molecule has 4 rings (SSSR count). The number of amides is 2. The molecule has 0 spiro atoms. The lowest BCUT2D eigenvalue weighted by molar-refractivity contribution is -0.131. The van der Waals surface area contributed by atoms with E-state index in [1.807, 2.05) is 30.3 Å². The summed E-state index contributed by atoms with van der Waals surface area (Å²) in [6, 6.07) is 18.8. The predicted octanol–water partition coefficient (Wildman–Crippen LogP) is 4.90. The largest absolute Gasteiger partial charge is 0.486 e. The quantitative estimate of drug-likeness (QED) is 0.532. The Morgan fingerprint density at radius 3 is 2.06 bits per heavy atom. The van der Waals surface area contributed by atoms with Gasteiger partial charge in [-0.05, 0) is 54.8 Å². The summed E-state index contributed by atoms with van der Waals surface area (Å²) in [5.41, 5.74) is 0.321. The van der Waals surface area contributed by atoms with Crippen LogP contribution in [0, 0.1) is 17.0 Å². The van der Waals surface area contributed by atoms with Crippen molar-refractivity contribution in [3.63, 3.8) is 0 Å². The third-order valence-electron chi connectivity index (χ3n) is 5.15. The van der Waals surface area contributed by atoms with Crippen LogP contribution in [0.15, 0.2) is 72.8 Å². The molecule has 2 N–H and O–H groups in total. The van der Waals surface area contributed by atoms with Crippen LogP contribution in [0.2, 0.25) is 0 Å². The van der Waals surface area contributed by atoms with Crippen LogP contribution < -0.4 is 15.4 Å². The van der Waals surface area contributed by atoms with Crippen molar-refractivity contribution in [1.29, 1.82) is 0 Å². The van der Waals surface area contributed by atoms with E-state index in [4.69, 9.17) is 4.74 Å². The number of ether oxygens (including phenoxy) is 1. The van der Waals surface area contributed by atoms with Crippen molar-refractivity contribution in [3.8, 4) is 5.75 Å². The van der Waals surface area contributed by atoms with E-state index < -0.39 is 28.9 Å². The minimum atomic E-state index is -1.21. The van der Waals surface area contributed by atoms with Gasteiger partial charge >= 0.3 is 0 Å². The number of nitrogens with one attached hydrogen (secondary N) is 2. The number of carbonyl (C=O) groups excluding carboxylic acids is 2. The van der Waals surface area contributed by atoms with E-state index in [0.29, 0.717) is 18.5 Å². The van der Waals surface area contributed by atoms with Crippen molar-refractivity contribution >= 4 is 23.2 Å². The second kappa shape index (κ2) is 8.55. The van der Waals surface area contributed by atoms with Gasteiger partial charge in [-0.1, -0.05) is 30.3 Å². The third-order valence-corrected chi connectivity index (χ3v) is 5.15. The number of carbonyl (C=O) groups is 2. The lowest BCUT2D eigenvalue weighted by atomic mass is 10.0. The maximum absolute atomic E-state index is 14.4. The highest BCUT2D eigenvalue weighted by Gasteiger charge is 2.56. The maximum Gasteiger partial charge on any atom is 0.240 e. The van der Waals surface area contributed by atoms with Crippen LogP contribution in [0.3, 0.4) is 0 Å². The average molecular weight is 422 g/mol. The first-order valence-corrected chi connectivity index (χ1v) is 9.81. The first kappa shape index (κ1) is 20.5. The molecule has 0 unspecified atom stereocenters. The molecule has 1 aliphatic carbocycles.